The van der Waals surface area contributed by atoms with E-state index in [0.717, 1.165) is 24.1 Å². The molecule has 1 saturated carbocycles. The van der Waals surface area contributed by atoms with Crippen LogP contribution in [-0.4, -0.2) is 34.3 Å². The number of rotatable bonds is 3. The highest BCUT2D eigenvalue weighted by Gasteiger charge is 2.35. The number of fused-ring (bicyclic) bond motifs is 1. The molecule has 5 nitrogen and oxygen atoms in total. The Hall–Kier alpha value is -2.21. The van der Waals surface area contributed by atoms with E-state index in [1.807, 2.05) is 29.6 Å². The van der Waals surface area contributed by atoms with Crippen molar-refractivity contribution < 1.29 is 9.59 Å². The van der Waals surface area contributed by atoms with Gasteiger partial charge in [0.15, 0.2) is 0 Å². The average molecular weight is 369 g/mol. The number of carbonyl (C=O) groups excluding carboxylic acids is 2. The van der Waals surface area contributed by atoms with Gasteiger partial charge in [0.1, 0.15) is 0 Å². The molecule has 2 amide bonds. The van der Waals surface area contributed by atoms with Crippen LogP contribution in [0.15, 0.2) is 35.8 Å². The Balaban J connectivity index is 1.56. The molecule has 1 unspecified atom stereocenters. The smallest absolute Gasteiger partial charge is 0.264 e. The molecule has 0 aromatic carbocycles. The van der Waals surface area contributed by atoms with Crippen molar-refractivity contribution in [3.8, 4) is 0 Å². The molecule has 1 fully saturated rings. The number of amides is 2. The lowest BCUT2D eigenvalue weighted by Crippen LogP contribution is -2.46. The minimum absolute atomic E-state index is 0.000490. The summed E-state index contributed by atoms with van der Waals surface area (Å²) in [6.45, 7) is 0.895. The summed E-state index contributed by atoms with van der Waals surface area (Å²) in [6.07, 6.45) is 7.43. The van der Waals surface area contributed by atoms with E-state index in [2.05, 4.69) is 10.3 Å². The van der Waals surface area contributed by atoms with Gasteiger partial charge in [-0.25, -0.2) is 0 Å². The molecule has 1 atom stereocenters. The molecule has 0 saturated heterocycles. The van der Waals surface area contributed by atoms with Crippen LogP contribution in [0.3, 0.4) is 0 Å². The zero-order valence-electron chi connectivity index (χ0n) is 14.7. The summed E-state index contributed by atoms with van der Waals surface area (Å²) >= 11 is 1.44. The number of nitrogens with zero attached hydrogens (tertiary/aromatic N) is 2. The fraction of sp³-hybridized carbons (Fsp3) is 0.450. The van der Waals surface area contributed by atoms with E-state index in [1.54, 1.807) is 11.1 Å². The van der Waals surface area contributed by atoms with Gasteiger partial charge >= 0.3 is 0 Å². The number of pyridine rings is 1. The minimum atomic E-state index is -0.397. The van der Waals surface area contributed by atoms with Crippen molar-refractivity contribution in [2.45, 2.75) is 50.6 Å². The molecule has 3 heterocycles. The van der Waals surface area contributed by atoms with Crippen LogP contribution in [0, 0.1) is 0 Å². The van der Waals surface area contributed by atoms with Crippen LogP contribution in [0.5, 0.6) is 0 Å². The summed E-state index contributed by atoms with van der Waals surface area (Å²) in [6, 6.07) is 7.81. The van der Waals surface area contributed by atoms with Gasteiger partial charge in [-0.3, -0.25) is 14.6 Å². The Morgan fingerprint density at radius 3 is 2.77 bits per heavy atom. The average Bonchev–Trinajstić information content (AvgIpc) is 3.22. The van der Waals surface area contributed by atoms with Gasteiger partial charge in [-0.1, -0.05) is 31.4 Å². The third kappa shape index (κ3) is 3.51. The predicted molar refractivity (Wildman–Crippen MR) is 101 cm³/mol. The molecular formula is C20H23N3O2S. The zero-order chi connectivity index (χ0) is 17.9. The molecule has 1 aliphatic carbocycles. The lowest BCUT2D eigenvalue weighted by molar-refractivity contribution is -0.124. The number of carbonyl (C=O) groups is 2. The van der Waals surface area contributed by atoms with Crippen molar-refractivity contribution in [1.29, 1.82) is 0 Å². The summed E-state index contributed by atoms with van der Waals surface area (Å²) in [5, 5.41) is 5.11. The topological polar surface area (TPSA) is 62.3 Å². The number of aromatic nitrogens is 1. The Labute approximate surface area is 157 Å². The highest BCUT2D eigenvalue weighted by molar-refractivity contribution is 7.12. The second-order valence-electron chi connectivity index (χ2n) is 7.11. The van der Waals surface area contributed by atoms with Crippen LogP contribution in [0.2, 0.25) is 0 Å². The number of thiophene rings is 1. The highest BCUT2D eigenvalue weighted by Crippen LogP contribution is 2.29. The largest absolute Gasteiger partial charge is 0.353 e. The maximum atomic E-state index is 13.0. The lowest BCUT2D eigenvalue weighted by Gasteiger charge is -2.34. The summed E-state index contributed by atoms with van der Waals surface area (Å²) in [5.41, 5.74) is 1.78. The van der Waals surface area contributed by atoms with Gasteiger partial charge in [-0.15, -0.1) is 11.3 Å². The third-order valence-corrected chi connectivity index (χ3v) is 6.17. The van der Waals surface area contributed by atoms with Gasteiger partial charge in [-0.05, 0) is 35.9 Å². The first-order chi connectivity index (χ1) is 12.7. The second-order valence-corrected chi connectivity index (χ2v) is 8.05. The molecule has 4 rings (SSSR count). The summed E-state index contributed by atoms with van der Waals surface area (Å²) in [7, 11) is 0. The molecular weight excluding hydrogens is 346 g/mol. The Kier molecular flexibility index (Phi) is 5.02. The first-order valence-corrected chi connectivity index (χ1v) is 10.2. The first kappa shape index (κ1) is 17.2. The highest BCUT2D eigenvalue weighted by atomic mass is 32.1. The number of hydrogen-bond acceptors (Lipinski definition) is 4. The van der Waals surface area contributed by atoms with Gasteiger partial charge in [-0.2, -0.15) is 0 Å². The Morgan fingerprint density at radius 1 is 1.15 bits per heavy atom. The third-order valence-electron chi connectivity index (χ3n) is 5.31. The standard InChI is InChI=1S/C20H23N3O2S/c24-19(22-15-7-2-1-3-8-15)16-13-23(20(25)17-9-5-11-26-17)12-14-6-4-10-21-18(14)16/h4-6,9-11,15-16H,1-3,7-8,12-13H2,(H,22,24). The Bertz CT molecular complexity index is 784. The van der Waals surface area contributed by atoms with Gasteiger partial charge in [0.05, 0.1) is 16.5 Å². The molecule has 0 spiro atoms. The Morgan fingerprint density at radius 2 is 2.00 bits per heavy atom. The fourth-order valence-electron chi connectivity index (χ4n) is 3.94. The number of nitrogens with one attached hydrogen (secondary N) is 1. The maximum Gasteiger partial charge on any atom is 0.264 e. The van der Waals surface area contributed by atoms with E-state index in [9.17, 15) is 9.59 Å². The van der Waals surface area contributed by atoms with E-state index in [0.29, 0.717) is 18.0 Å². The lowest BCUT2D eigenvalue weighted by atomic mass is 9.91. The van der Waals surface area contributed by atoms with Crippen LogP contribution >= 0.6 is 11.3 Å². The summed E-state index contributed by atoms with van der Waals surface area (Å²) in [5.74, 6) is -0.406. The molecule has 2 aromatic heterocycles. The van der Waals surface area contributed by atoms with Crippen LogP contribution in [0.25, 0.3) is 0 Å². The number of hydrogen-bond donors (Lipinski definition) is 1. The summed E-state index contributed by atoms with van der Waals surface area (Å²) in [4.78, 5) is 32.8. The van der Waals surface area contributed by atoms with E-state index in [-0.39, 0.29) is 17.9 Å². The molecule has 0 bridgehead atoms. The normalized spacial score (nSPS) is 20.5. The molecule has 2 aromatic rings. The second kappa shape index (κ2) is 7.58. The quantitative estimate of drug-likeness (QED) is 0.903. The van der Waals surface area contributed by atoms with Crippen LogP contribution in [-0.2, 0) is 11.3 Å². The molecule has 1 aliphatic heterocycles. The molecule has 1 N–H and O–H groups in total. The SMILES string of the molecule is O=C(NC1CCCCC1)C1CN(C(=O)c2cccs2)Cc2cccnc21. The first-order valence-electron chi connectivity index (χ1n) is 9.29. The van der Waals surface area contributed by atoms with Crippen molar-refractivity contribution in [3.05, 3.63) is 52.0 Å². The maximum absolute atomic E-state index is 13.0. The van der Waals surface area contributed by atoms with E-state index in [4.69, 9.17) is 0 Å². The fourth-order valence-corrected chi connectivity index (χ4v) is 4.63. The van der Waals surface area contributed by atoms with Crippen molar-refractivity contribution in [2.24, 2.45) is 0 Å². The van der Waals surface area contributed by atoms with Crippen LogP contribution in [0.1, 0.15) is 59.0 Å². The van der Waals surface area contributed by atoms with Crippen molar-refractivity contribution >= 4 is 23.2 Å². The van der Waals surface area contributed by atoms with Crippen molar-refractivity contribution in [2.75, 3.05) is 6.54 Å². The van der Waals surface area contributed by atoms with E-state index in [1.165, 1.54) is 30.6 Å². The molecule has 2 aliphatic rings. The van der Waals surface area contributed by atoms with Gasteiger partial charge in [0.2, 0.25) is 5.91 Å². The summed E-state index contributed by atoms with van der Waals surface area (Å²) < 4.78 is 0. The molecule has 0 radical (unpaired) electrons. The zero-order valence-corrected chi connectivity index (χ0v) is 15.5. The van der Waals surface area contributed by atoms with Crippen LogP contribution in [0.4, 0.5) is 0 Å². The van der Waals surface area contributed by atoms with Gasteiger partial charge in [0.25, 0.3) is 5.91 Å². The molecule has 136 valence electrons. The van der Waals surface area contributed by atoms with Gasteiger partial charge < -0.3 is 10.2 Å². The van der Waals surface area contributed by atoms with E-state index >= 15 is 0 Å². The molecule has 6 heteroatoms. The monoisotopic (exact) mass is 369 g/mol. The van der Waals surface area contributed by atoms with Crippen molar-refractivity contribution in [3.63, 3.8) is 0 Å². The van der Waals surface area contributed by atoms with Gasteiger partial charge in [0, 0.05) is 25.3 Å². The minimum Gasteiger partial charge on any atom is -0.353 e. The van der Waals surface area contributed by atoms with E-state index < -0.39 is 5.92 Å². The molecule has 26 heavy (non-hydrogen) atoms. The predicted octanol–water partition coefficient (Wildman–Crippen LogP) is 3.33. The van der Waals surface area contributed by atoms with Crippen molar-refractivity contribution in [1.82, 2.24) is 15.2 Å². The van der Waals surface area contributed by atoms with Crippen LogP contribution < -0.4 is 5.32 Å².